The highest BCUT2D eigenvalue weighted by molar-refractivity contribution is 4.90. The second-order valence-corrected chi connectivity index (χ2v) is 7.05. The van der Waals surface area contributed by atoms with Crippen molar-refractivity contribution in [1.82, 2.24) is 9.80 Å². The Labute approximate surface area is 119 Å². The Hall–Kier alpha value is -0.120. The van der Waals surface area contributed by atoms with E-state index in [0.717, 1.165) is 18.4 Å². The number of hydrogen-bond donors (Lipinski definition) is 0. The molecule has 0 aromatic heterocycles. The zero-order valence-electron chi connectivity index (χ0n) is 13.3. The minimum Gasteiger partial charge on any atom is -0.377 e. The van der Waals surface area contributed by atoms with Gasteiger partial charge in [-0.15, -0.1) is 0 Å². The molecule has 2 rings (SSSR count). The first-order valence-corrected chi connectivity index (χ1v) is 8.01. The fourth-order valence-electron chi connectivity index (χ4n) is 3.64. The van der Waals surface area contributed by atoms with Gasteiger partial charge in [-0.1, -0.05) is 13.8 Å². The Morgan fingerprint density at radius 3 is 2.16 bits per heavy atom. The maximum atomic E-state index is 5.94. The lowest BCUT2D eigenvalue weighted by molar-refractivity contribution is -0.0777. The number of piperidine rings is 2. The summed E-state index contributed by atoms with van der Waals surface area (Å²) in [4.78, 5) is 5.07. The van der Waals surface area contributed by atoms with Crippen molar-refractivity contribution in [2.75, 3.05) is 46.9 Å². The summed E-state index contributed by atoms with van der Waals surface area (Å²) in [6, 6.07) is 0. The standard InChI is InChI=1S/C16H32N2O/c1-14(2)15-5-9-18(10-6-15)13-16(19-4)7-11-17(3)12-8-16/h14-15H,5-13H2,1-4H3. The smallest absolute Gasteiger partial charge is 0.0829 e. The number of hydrogen-bond acceptors (Lipinski definition) is 3. The average Bonchev–Trinajstić information content (AvgIpc) is 2.42. The molecule has 0 amide bonds. The van der Waals surface area contributed by atoms with Crippen molar-refractivity contribution < 1.29 is 4.74 Å². The molecule has 2 aliphatic heterocycles. The third kappa shape index (κ3) is 3.93. The number of rotatable bonds is 4. The Morgan fingerprint density at radius 2 is 1.68 bits per heavy atom. The van der Waals surface area contributed by atoms with Gasteiger partial charge in [-0.3, -0.25) is 0 Å². The van der Waals surface area contributed by atoms with Gasteiger partial charge in [0, 0.05) is 26.7 Å². The molecule has 112 valence electrons. The highest BCUT2D eigenvalue weighted by Gasteiger charge is 2.36. The van der Waals surface area contributed by atoms with E-state index in [1.54, 1.807) is 0 Å². The van der Waals surface area contributed by atoms with Crippen molar-refractivity contribution in [2.24, 2.45) is 11.8 Å². The zero-order valence-corrected chi connectivity index (χ0v) is 13.3. The van der Waals surface area contributed by atoms with Gasteiger partial charge in [-0.2, -0.15) is 0 Å². The van der Waals surface area contributed by atoms with Crippen LogP contribution in [0.15, 0.2) is 0 Å². The SMILES string of the molecule is COC1(CN2CCC(C(C)C)CC2)CCN(C)CC1. The van der Waals surface area contributed by atoms with Crippen LogP contribution >= 0.6 is 0 Å². The minimum absolute atomic E-state index is 0.122. The lowest BCUT2D eigenvalue weighted by atomic mass is 9.85. The maximum absolute atomic E-state index is 5.94. The predicted molar refractivity (Wildman–Crippen MR) is 80.5 cm³/mol. The number of ether oxygens (including phenoxy) is 1. The number of likely N-dealkylation sites (tertiary alicyclic amines) is 2. The summed E-state index contributed by atoms with van der Waals surface area (Å²) in [5, 5.41) is 0. The molecule has 0 atom stereocenters. The van der Waals surface area contributed by atoms with Crippen LogP contribution in [0.1, 0.15) is 39.5 Å². The molecule has 0 radical (unpaired) electrons. The summed E-state index contributed by atoms with van der Waals surface area (Å²) in [5.74, 6) is 1.79. The molecule has 2 heterocycles. The Kier molecular flexibility index (Phi) is 5.27. The molecule has 2 fully saturated rings. The van der Waals surface area contributed by atoms with Crippen molar-refractivity contribution in [3.63, 3.8) is 0 Å². The molecular weight excluding hydrogens is 236 g/mol. The second-order valence-electron chi connectivity index (χ2n) is 7.05. The Morgan fingerprint density at radius 1 is 1.11 bits per heavy atom. The van der Waals surface area contributed by atoms with Gasteiger partial charge in [-0.05, 0) is 57.7 Å². The highest BCUT2D eigenvalue weighted by atomic mass is 16.5. The highest BCUT2D eigenvalue weighted by Crippen LogP contribution is 2.30. The van der Waals surface area contributed by atoms with Crippen LogP contribution in [0, 0.1) is 11.8 Å². The van der Waals surface area contributed by atoms with E-state index >= 15 is 0 Å². The molecule has 0 spiro atoms. The summed E-state index contributed by atoms with van der Waals surface area (Å²) in [6.07, 6.45) is 5.11. The van der Waals surface area contributed by atoms with Crippen LogP contribution in [0.5, 0.6) is 0 Å². The third-order valence-electron chi connectivity index (χ3n) is 5.42. The van der Waals surface area contributed by atoms with E-state index in [-0.39, 0.29) is 5.60 Å². The van der Waals surface area contributed by atoms with Gasteiger partial charge in [-0.25, -0.2) is 0 Å². The van der Waals surface area contributed by atoms with Crippen LogP contribution in [0.25, 0.3) is 0 Å². The molecule has 0 unspecified atom stereocenters. The van der Waals surface area contributed by atoms with Crippen LogP contribution in [-0.2, 0) is 4.74 Å². The van der Waals surface area contributed by atoms with E-state index in [1.807, 2.05) is 7.11 Å². The monoisotopic (exact) mass is 268 g/mol. The first kappa shape index (κ1) is 15.3. The first-order chi connectivity index (χ1) is 9.04. The maximum Gasteiger partial charge on any atom is 0.0829 e. The quantitative estimate of drug-likeness (QED) is 0.779. The molecule has 2 saturated heterocycles. The zero-order chi connectivity index (χ0) is 13.9. The van der Waals surface area contributed by atoms with Crippen LogP contribution in [0.2, 0.25) is 0 Å². The minimum atomic E-state index is 0.122. The molecule has 3 heteroatoms. The van der Waals surface area contributed by atoms with Gasteiger partial charge in [0.15, 0.2) is 0 Å². The Balaban J connectivity index is 1.83. The molecule has 2 aliphatic rings. The summed E-state index contributed by atoms with van der Waals surface area (Å²) in [5.41, 5.74) is 0.122. The molecule has 3 nitrogen and oxygen atoms in total. The second kappa shape index (κ2) is 6.55. The van der Waals surface area contributed by atoms with E-state index in [0.29, 0.717) is 0 Å². The van der Waals surface area contributed by atoms with Gasteiger partial charge < -0.3 is 14.5 Å². The lowest BCUT2D eigenvalue weighted by Gasteiger charge is -2.44. The molecule has 0 aliphatic carbocycles. The average molecular weight is 268 g/mol. The van der Waals surface area contributed by atoms with E-state index in [1.165, 1.54) is 51.9 Å². The molecule has 0 aromatic rings. The van der Waals surface area contributed by atoms with Crippen molar-refractivity contribution in [1.29, 1.82) is 0 Å². The summed E-state index contributed by atoms with van der Waals surface area (Å²) >= 11 is 0. The van der Waals surface area contributed by atoms with Crippen LogP contribution in [-0.4, -0.2) is 62.3 Å². The fraction of sp³-hybridized carbons (Fsp3) is 1.00. The molecular formula is C16H32N2O. The van der Waals surface area contributed by atoms with Gasteiger partial charge in [0.1, 0.15) is 0 Å². The number of nitrogens with zero attached hydrogens (tertiary/aromatic N) is 2. The fourth-order valence-corrected chi connectivity index (χ4v) is 3.64. The van der Waals surface area contributed by atoms with Crippen LogP contribution < -0.4 is 0 Å². The number of methoxy groups -OCH3 is 1. The Bertz CT molecular complexity index is 264. The van der Waals surface area contributed by atoms with E-state index in [2.05, 4.69) is 30.7 Å². The molecule has 0 saturated carbocycles. The summed E-state index contributed by atoms with van der Waals surface area (Å²) < 4.78 is 5.94. The normalized spacial score (nSPS) is 27.0. The molecule has 0 N–H and O–H groups in total. The summed E-state index contributed by atoms with van der Waals surface area (Å²) in [6.45, 7) is 10.8. The van der Waals surface area contributed by atoms with Crippen molar-refractivity contribution in [3.05, 3.63) is 0 Å². The van der Waals surface area contributed by atoms with Crippen LogP contribution in [0.4, 0.5) is 0 Å². The van der Waals surface area contributed by atoms with Gasteiger partial charge in [0.05, 0.1) is 5.60 Å². The first-order valence-electron chi connectivity index (χ1n) is 8.01. The molecule has 0 bridgehead atoms. The van der Waals surface area contributed by atoms with Gasteiger partial charge >= 0.3 is 0 Å². The van der Waals surface area contributed by atoms with Gasteiger partial charge in [0.25, 0.3) is 0 Å². The molecule has 19 heavy (non-hydrogen) atoms. The van der Waals surface area contributed by atoms with Gasteiger partial charge in [0.2, 0.25) is 0 Å². The topological polar surface area (TPSA) is 15.7 Å². The molecule has 0 aromatic carbocycles. The van der Waals surface area contributed by atoms with Crippen molar-refractivity contribution >= 4 is 0 Å². The van der Waals surface area contributed by atoms with Crippen molar-refractivity contribution in [3.8, 4) is 0 Å². The van der Waals surface area contributed by atoms with E-state index in [4.69, 9.17) is 4.74 Å². The predicted octanol–water partition coefficient (Wildman–Crippen LogP) is 2.47. The summed E-state index contributed by atoms with van der Waals surface area (Å²) in [7, 11) is 4.12. The largest absolute Gasteiger partial charge is 0.377 e. The van der Waals surface area contributed by atoms with Crippen LogP contribution in [0.3, 0.4) is 0 Å². The van der Waals surface area contributed by atoms with E-state index < -0.39 is 0 Å². The van der Waals surface area contributed by atoms with E-state index in [9.17, 15) is 0 Å². The van der Waals surface area contributed by atoms with Crippen molar-refractivity contribution in [2.45, 2.75) is 45.1 Å². The lowest BCUT2D eigenvalue weighted by Crippen LogP contribution is -2.52. The third-order valence-corrected chi connectivity index (χ3v) is 5.42.